The van der Waals surface area contributed by atoms with E-state index in [2.05, 4.69) is 10.6 Å². The van der Waals surface area contributed by atoms with Gasteiger partial charge in [0.15, 0.2) is 6.10 Å². The van der Waals surface area contributed by atoms with E-state index in [0.29, 0.717) is 11.1 Å². The zero-order valence-corrected chi connectivity index (χ0v) is 13.4. The topological polar surface area (TPSA) is 125 Å². The lowest BCUT2D eigenvalue weighted by molar-refractivity contribution is -0.154. The minimum absolute atomic E-state index is 0.0487. The highest BCUT2D eigenvalue weighted by Gasteiger charge is 2.43. The predicted molar refractivity (Wildman–Crippen MR) is 83.7 cm³/mol. The van der Waals surface area contributed by atoms with E-state index >= 15 is 0 Å². The van der Waals surface area contributed by atoms with Crippen molar-refractivity contribution >= 4 is 23.8 Å². The van der Waals surface area contributed by atoms with Crippen molar-refractivity contribution in [1.29, 1.82) is 0 Å². The van der Waals surface area contributed by atoms with Gasteiger partial charge in [-0.15, -0.1) is 0 Å². The zero-order valence-electron chi connectivity index (χ0n) is 13.4. The van der Waals surface area contributed by atoms with Crippen LogP contribution in [0.1, 0.15) is 22.8 Å². The van der Waals surface area contributed by atoms with Gasteiger partial charge in [-0.25, -0.2) is 9.59 Å². The van der Waals surface area contributed by atoms with E-state index in [1.807, 2.05) is 0 Å². The lowest BCUT2D eigenvalue weighted by atomic mass is 9.91. The van der Waals surface area contributed by atoms with Gasteiger partial charge in [-0.1, -0.05) is 12.1 Å². The molecule has 0 saturated carbocycles. The molecule has 9 heteroatoms. The maximum absolute atomic E-state index is 12.7. The first-order valence-corrected chi connectivity index (χ1v) is 7.69. The molecule has 2 aliphatic rings. The zero-order chi connectivity index (χ0) is 18.2. The molecule has 2 unspecified atom stereocenters. The molecule has 0 aliphatic carbocycles. The smallest absolute Gasteiger partial charge is 0.334 e. The highest BCUT2D eigenvalue weighted by atomic mass is 16.5. The molecular weight excluding hydrogens is 330 g/mol. The van der Waals surface area contributed by atoms with E-state index in [9.17, 15) is 19.2 Å². The number of amides is 4. The fourth-order valence-electron chi connectivity index (χ4n) is 2.88. The first kappa shape index (κ1) is 16.9. The third kappa shape index (κ3) is 3.05. The number of carbonyl (C=O) groups is 4. The Labute approximate surface area is 142 Å². The molecule has 2 saturated heterocycles. The van der Waals surface area contributed by atoms with E-state index in [1.54, 1.807) is 25.1 Å². The number of nitrogens with one attached hydrogen (secondary N) is 2. The molecule has 2 heterocycles. The number of morpholine rings is 1. The Hall–Kier alpha value is -2.94. The summed E-state index contributed by atoms with van der Waals surface area (Å²) in [5.74, 6) is -1.98. The second-order valence-corrected chi connectivity index (χ2v) is 6.06. The number of carbonyl (C=O) groups excluding carboxylic acids is 3. The summed E-state index contributed by atoms with van der Waals surface area (Å²) in [6.07, 6.45) is -1.06. The van der Waals surface area contributed by atoms with E-state index in [1.165, 1.54) is 11.0 Å². The van der Waals surface area contributed by atoms with Crippen molar-refractivity contribution < 1.29 is 29.0 Å². The van der Waals surface area contributed by atoms with Gasteiger partial charge in [0.05, 0.1) is 13.2 Å². The lowest BCUT2D eigenvalue weighted by Gasteiger charge is -2.31. The summed E-state index contributed by atoms with van der Waals surface area (Å²) in [6.45, 7) is 1.92. The summed E-state index contributed by atoms with van der Waals surface area (Å²) in [6, 6.07) is 5.76. The highest BCUT2D eigenvalue weighted by Crippen LogP contribution is 2.25. The van der Waals surface area contributed by atoms with Crippen molar-refractivity contribution in [2.24, 2.45) is 0 Å². The maximum Gasteiger partial charge on any atom is 0.334 e. The summed E-state index contributed by atoms with van der Waals surface area (Å²) in [4.78, 5) is 48.6. The van der Waals surface area contributed by atoms with Crippen LogP contribution in [0.25, 0.3) is 0 Å². The number of hydrogen-bond acceptors (Lipinski definition) is 5. The van der Waals surface area contributed by atoms with Gasteiger partial charge in [-0.05, 0) is 24.6 Å². The van der Waals surface area contributed by atoms with Crippen molar-refractivity contribution in [1.82, 2.24) is 15.5 Å². The molecule has 3 rings (SSSR count). The van der Waals surface area contributed by atoms with E-state index in [0.717, 1.165) is 0 Å². The minimum atomic E-state index is -1.26. The summed E-state index contributed by atoms with van der Waals surface area (Å²) in [5.41, 5.74) is -0.495. The molecule has 9 nitrogen and oxygen atoms in total. The number of nitrogens with zero attached hydrogens (tertiary/aromatic N) is 1. The quantitative estimate of drug-likeness (QED) is 0.643. The van der Waals surface area contributed by atoms with Gasteiger partial charge in [0.1, 0.15) is 5.54 Å². The van der Waals surface area contributed by atoms with Crippen LogP contribution in [0.2, 0.25) is 0 Å². The molecule has 132 valence electrons. The summed E-state index contributed by atoms with van der Waals surface area (Å²) < 4.78 is 5.11. The van der Waals surface area contributed by atoms with Crippen LogP contribution >= 0.6 is 0 Å². The Balaban J connectivity index is 1.84. The second-order valence-electron chi connectivity index (χ2n) is 6.06. The number of rotatable bonds is 3. The maximum atomic E-state index is 12.7. The van der Waals surface area contributed by atoms with Gasteiger partial charge >= 0.3 is 12.0 Å². The number of urea groups is 1. The molecule has 2 atom stereocenters. The number of imide groups is 1. The van der Waals surface area contributed by atoms with Crippen molar-refractivity contribution in [3.05, 3.63) is 35.4 Å². The summed E-state index contributed by atoms with van der Waals surface area (Å²) >= 11 is 0. The first-order chi connectivity index (χ1) is 11.8. The molecule has 0 radical (unpaired) electrons. The molecule has 0 spiro atoms. The van der Waals surface area contributed by atoms with Crippen molar-refractivity contribution in [3.63, 3.8) is 0 Å². The molecule has 25 heavy (non-hydrogen) atoms. The molecule has 0 bridgehead atoms. The van der Waals surface area contributed by atoms with E-state index in [4.69, 9.17) is 9.84 Å². The van der Waals surface area contributed by atoms with Crippen molar-refractivity contribution in [3.8, 4) is 0 Å². The normalized spacial score (nSPS) is 26.1. The fraction of sp³-hybridized carbons (Fsp3) is 0.375. The Kier molecular flexibility index (Phi) is 4.17. The van der Waals surface area contributed by atoms with Crippen LogP contribution in [0.3, 0.4) is 0 Å². The van der Waals surface area contributed by atoms with Crippen LogP contribution in [0.4, 0.5) is 4.79 Å². The van der Waals surface area contributed by atoms with Gasteiger partial charge < -0.3 is 20.1 Å². The second kappa shape index (κ2) is 6.17. The Morgan fingerprint density at radius 2 is 2.12 bits per heavy atom. The van der Waals surface area contributed by atoms with Gasteiger partial charge in [0.25, 0.3) is 11.8 Å². The van der Waals surface area contributed by atoms with E-state index in [-0.39, 0.29) is 25.6 Å². The van der Waals surface area contributed by atoms with Gasteiger partial charge in [0, 0.05) is 12.1 Å². The number of benzene rings is 1. The SMILES string of the molecule is CC1(c2cccc(C(=O)N3CCOC(C(=O)O)C3)c2)NC(=O)NC1=O. The van der Waals surface area contributed by atoms with Gasteiger partial charge in [-0.3, -0.25) is 14.9 Å². The van der Waals surface area contributed by atoms with Crippen LogP contribution in [0.5, 0.6) is 0 Å². The Morgan fingerprint density at radius 3 is 2.76 bits per heavy atom. The predicted octanol–water partition coefficient (Wildman–Crippen LogP) is -0.333. The largest absolute Gasteiger partial charge is 0.479 e. The van der Waals surface area contributed by atoms with Gasteiger partial charge in [0.2, 0.25) is 0 Å². The number of ether oxygens (including phenoxy) is 1. The molecule has 0 aromatic heterocycles. The fourth-order valence-corrected chi connectivity index (χ4v) is 2.88. The number of aliphatic carboxylic acids is 1. The molecular formula is C16H17N3O6. The molecule has 1 aromatic carbocycles. The molecule has 2 fully saturated rings. The Morgan fingerprint density at radius 1 is 1.36 bits per heavy atom. The number of hydrogen-bond donors (Lipinski definition) is 3. The monoisotopic (exact) mass is 347 g/mol. The number of carboxylic acid groups (broad SMARTS) is 1. The third-order valence-electron chi connectivity index (χ3n) is 4.36. The summed E-state index contributed by atoms with van der Waals surface area (Å²) in [5, 5.41) is 13.7. The summed E-state index contributed by atoms with van der Waals surface area (Å²) in [7, 11) is 0. The average molecular weight is 347 g/mol. The Bertz CT molecular complexity index is 764. The molecule has 2 aliphatic heterocycles. The standard InChI is InChI=1S/C16H17N3O6/c1-16(14(23)17-15(24)18-16)10-4-2-3-9(7-10)12(20)19-5-6-25-11(8-19)13(21)22/h2-4,7,11H,5-6,8H2,1H3,(H,21,22)(H2,17,18,23,24). The average Bonchev–Trinajstić information content (AvgIpc) is 2.87. The van der Waals surface area contributed by atoms with Crippen LogP contribution in [-0.2, 0) is 19.9 Å². The molecule has 1 aromatic rings. The van der Waals surface area contributed by atoms with Crippen LogP contribution in [0, 0.1) is 0 Å². The molecule has 3 N–H and O–H groups in total. The van der Waals surface area contributed by atoms with Crippen LogP contribution in [0.15, 0.2) is 24.3 Å². The van der Waals surface area contributed by atoms with E-state index < -0.39 is 29.6 Å². The van der Waals surface area contributed by atoms with Crippen molar-refractivity contribution in [2.75, 3.05) is 19.7 Å². The van der Waals surface area contributed by atoms with Crippen LogP contribution < -0.4 is 10.6 Å². The third-order valence-corrected chi connectivity index (χ3v) is 4.36. The minimum Gasteiger partial charge on any atom is -0.479 e. The number of carboxylic acids is 1. The van der Waals surface area contributed by atoms with Crippen LogP contribution in [-0.4, -0.2) is 59.6 Å². The first-order valence-electron chi connectivity index (χ1n) is 7.69. The lowest BCUT2D eigenvalue weighted by Crippen LogP contribution is -2.48. The van der Waals surface area contributed by atoms with Gasteiger partial charge in [-0.2, -0.15) is 0 Å². The molecule has 4 amide bonds. The van der Waals surface area contributed by atoms with Crippen molar-refractivity contribution in [2.45, 2.75) is 18.6 Å². The highest BCUT2D eigenvalue weighted by molar-refractivity contribution is 6.07.